The number of anilines is 1. The first-order chi connectivity index (χ1) is 14.1. The van der Waals surface area contributed by atoms with Crippen LogP contribution in [-0.4, -0.2) is 48.8 Å². The second-order valence-corrected chi connectivity index (χ2v) is 9.21. The fourth-order valence-corrected chi connectivity index (χ4v) is 5.38. The van der Waals surface area contributed by atoms with Crippen LogP contribution < -0.4 is 10.2 Å². The van der Waals surface area contributed by atoms with E-state index in [0.717, 1.165) is 44.0 Å². The molecule has 0 unspecified atom stereocenters. The fourth-order valence-electron chi connectivity index (χ4n) is 4.35. The number of amides is 1. The standard InChI is InChI=1S/C24H31N3OS/c1-3-26-12-4-5-21(26)16-25-24(28)20-10-11-23-22(15-20)27(13-14-29-23)17-19-8-6-18(2)7-9-19/h6-11,15,21H,3-5,12-14,16-17H2,1-2H3,(H,25,28)/t21-/m0/s1. The average molecular weight is 410 g/mol. The van der Waals surface area contributed by atoms with Gasteiger partial charge in [0.05, 0.1) is 5.69 Å². The number of likely N-dealkylation sites (tertiary alicyclic amines) is 1. The van der Waals surface area contributed by atoms with Crippen molar-refractivity contribution in [3.8, 4) is 0 Å². The Bertz CT molecular complexity index is 852. The summed E-state index contributed by atoms with van der Waals surface area (Å²) in [7, 11) is 0. The third-order valence-electron chi connectivity index (χ3n) is 6.08. The highest BCUT2D eigenvalue weighted by molar-refractivity contribution is 7.99. The minimum absolute atomic E-state index is 0.0432. The molecular formula is C24H31N3OS. The van der Waals surface area contributed by atoms with Gasteiger partial charge in [-0.15, -0.1) is 11.8 Å². The maximum absolute atomic E-state index is 12.8. The first-order valence-corrected chi connectivity index (χ1v) is 11.7. The monoisotopic (exact) mass is 409 g/mol. The molecule has 0 radical (unpaired) electrons. The van der Waals surface area contributed by atoms with Crippen molar-refractivity contribution in [3.63, 3.8) is 0 Å². The Hall–Kier alpha value is -1.98. The first-order valence-electron chi connectivity index (χ1n) is 10.7. The highest BCUT2D eigenvalue weighted by Crippen LogP contribution is 2.36. The Morgan fingerprint density at radius 1 is 1.17 bits per heavy atom. The summed E-state index contributed by atoms with van der Waals surface area (Å²) in [6, 6.07) is 15.4. The molecule has 1 atom stereocenters. The van der Waals surface area contributed by atoms with Crippen molar-refractivity contribution in [1.82, 2.24) is 10.2 Å². The van der Waals surface area contributed by atoms with Crippen LogP contribution in [0, 0.1) is 6.92 Å². The van der Waals surface area contributed by atoms with Gasteiger partial charge in [-0.05, 0) is 56.6 Å². The molecule has 0 aliphatic carbocycles. The van der Waals surface area contributed by atoms with Crippen molar-refractivity contribution >= 4 is 23.4 Å². The van der Waals surface area contributed by atoms with Crippen molar-refractivity contribution in [2.24, 2.45) is 0 Å². The highest BCUT2D eigenvalue weighted by atomic mass is 32.2. The van der Waals surface area contributed by atoms with Crippen LogP contribution in [0.1, 0.15) is 41.3 Å². The zero-order chi connectivity index (χ0) is 20.2. The number of carbonyl (C=O) groups excluding carboxylic acids is 1. The Balaban J connectivity index is 1.45. The zero-order valence-electron chi connectivity index (χ0n) is 17.5. The number of nitrogens with one attached hydrogen (secondary N) is 1. The number of hydrogen-bond donors (Lipinski definition) is 1. The van der Waals surface area contributed by atoms with Gasteiger partial charge in [0, 0.05) is 41.9 Å². The van der Waals surface area contributed by atoms with Gasteiger partial charge >= 0.3 is 0 Å². The van der Waals surface area contributed by atoms with Crippen LogP contribution in [-0.2, 0) is 6.54 Å². The van der Waals surface area contributed by atoms with Crippen molar-refractivity contribution < 1.29 is 4.79 Å². The second-order valence-electron chi connectivity index (χ2n) is 8.07. The predicted octanol–water partition coefficient (Wildman–Crippen LogP) is 4.32. The summed E-state index contributed by atoms with van der Waals surface area (Å²) in [4.78, 5) is 19.0. The number of fused-ring (bicyclic) bond motifs is 1. The summed E-state index contributed by atoms with van der Waals surface area (Å²) in [5.74, 6) is 1.13. The van der Waals surface area contributed by atoms with Gasteiger partial charge in [-0.2, -0.15) is 0 Å². The van der Waals surface area contributed by atoms with E-state index >= 15 is 0 Å². The highest BCUT2D eigenvalue weighted by Gasteiger charge is 2.24. The first kappa shape index (κ1) is 20.3. The van der Waals surface area contributed by atoms with Crippen LogP contribution in [0.25, 0.3) is 0 Å². The molecule has 2 aromatic rings. The van der Waals surface area contributed by atoms with Crippen LogP contribution in [0.5, 0.6) is 0 Å². The molecule has 154 valence electrons. The zero-order valence-corrected chi connectivity index (χ0v) is 18.3. The van der Waals surface area contributed by atoms with Crippen LogP contribution in [0.4, 0.5) is 5.69 Å². The van der Waals surface area contributed by atoms with Crippen LogP contribution in [0.15, 0.2) is 47.4 Å². The topological polar surface area (TPSA) is 35.6 Å². The number of carbonyl (C=O) groups is 1. The van der Waals surface area contributed by atoms with Gasteiger partial charge in [0.1, 0.15) is 0 Å². The molecule has 4 rings (SSSR count). The van der Waals surface area contributed by atoms with E-state index < -0.39 is 0 Å². The van der Waals surface area contributed by atoms with Gasteiger partial charge in [0.15, 0.2) is 0 Å². The number of nitrogens with zero attached hydrogens (tertiary/aromatic N) is 2. The summed E-state index contributed by atoms with van der Waals surface area (Å²) in [5, 5.41) is 3.18. The lowest BCUT2D eigenvalue weighted by molar-refractivity contribution is 0.0941. The lowest BCUT2D eigenvalue weighted by Gasteiger charge is -2.31. The molecular weight excluding hydrogens is 378 g/mol. The number of aryl methyl sites for hydroxylation is 1. The summed E-state index contributed by atoms with van der Waals surface area (Å²) in [5.41, 5.74) is 4.54. The van der Waals surface area contributed by atoms with E-state index in [1.807, 2.05) is 17.8 Å². The quantitative estimate of drug-likeness (QED) is 0.771. The molecule has 0 bridgehead atoms. The average Bonchev–Trinajstić information content (AvgIpc) is 3.21. The maximum atomic E-state index is 12.8. The summed E-state index contributed by atoms with van der Waals surface area (Å²) >= 11 is 1.88. The number of benzene rings is 2. The van der Waals surface area contributed by atoms with E-state index in [2.05, 4.69) is 65.4 Å². The summed E-state index contributed by atoms with van der Waals surface area (Å²) < 4.78 is 0. The molecule has 2 aliphatic rings. The molecule has 1 fully saturated rings. The molecule has 1 amide bonds. The van der Waals surface area contributed by atoms with Gasteiger partial charge in [0.25, 0.3) is 5.91 Å². The molecule has 0 spiro atoms. The molecule has 0 aromatic heterocycles. The molecule has 0 saturated carbocycles. The minimum atomic E-state index is 0.0432. The maximum Gasteiger partial charge on any atom is 0.251 e. The smallest absolute Gasteiger partial charge is 0.251 e. The Kier molecular flexibility index (Phi) is 6.46. The van der Waals surface area contributed by atoms with Crippen molar-refractivity contribution in [3.05, 3.63) is 59.2 Å². The number of thioether (sulfide) groups is 1. The SMILES string of the molecule is CCN1CCC[C@H]1CNC(=O)c1ccc2c(c1)N(Cc1ccc(C)cc1)CCS2. The second kappa shape index (κ2) is 9.23. The van der Waals surface area contributed by atoms with Crippen molar-refractivity contribution in [2.75, 3.05) is 36.8 Å². The molecule has 1 saturated heterocycles. The minimum Gasteiger partial charge on any atom is -0.365 e. The molecule has 2 heterocycles. The van der Waals surface area contributed by atoms with Crippen LogP contribution in [0.3, 0.4) is 0 Å². The lowest BCUT2D eigenvalue weighted by atomic mass is 10.1. The van der Waals surface area contributed by atoms with E-state index in [4.69, 9.17) is 0 Å². The third-order valence-corrected chi connectivity index (χ3v) is 7.12. The number of rotatable bonds is 6. The van der Waals surface area contributed by atoms with E-state index in [0.29, 0.717) is 6.04 Å². The summed E-state index contributed by atoms with van der Waals surface area (Å²) in [6.07, 6.45) is 2.41. The van der Waals surface area contributed by atoms with E-state index in [-0.39, 0.29) is 5.91 Å². The van der Waals surface area contributed by atoms with Gasteiger partial charge in [-0.3, -0.25) is 9.69 Å². The largest absolute Gasteiger partial charge is 0.365 e. The van der Waals surface area contributed by atoms with Gasteiger partial charge in [-0.1, -0.05) is 36.8 Å². The van der Waals surface area contributed by atoms with Gasteiger partial charge in [-0.25, -0.2) is 0 Å². The lowest BCUT2D eigenvalue weighted by Crippen LogP contribution is -2.40. The fraction of sp³-hybridized carbons (Fsp3) is 0.458. The number of likely N-dealkylation sites (N-methyl/N-ethyl adjacent to an activating group) is 1. The Morgan fingerprint density at radius 3 is 2.79 bits per heavy atom. The van der Waals surface area contributed by atoms with Gasteiger partial charge in [0.2, 0.25) is 0 Å². The predicted molar refractivity (Wildman–Crippen MR) is 122 cm³/mol. The van der Waals surface area contributed by atoms with Crippen molar-refractivity contribution in [1.29, 1.82) is 0 Å². The molecule has 2 aliphatic heterocycles. The van der Waals surface area contributed by atoms with E-state index in [1.165, 1.54) is 34.6 Å². The van der Waals surface area contributed by atoms with E-state index in [1.54, 1.807) is 0 Å². The van der Waals surface area contributed by atoms with Crippen LogP contribution in [0.2, 0.25) is 0 Å². The molecule has 29 heavy (non-hydrogen) atoms. The molecule has 2 aromatic carbocycles. The molecule has 4 nitrogen and oxygen atoms in total. The Morgan fingerprint density at radius 2 is 2.00 bits per heavy atom. The number of hydrogen-bond acceptors (Lipinski definition) is 4. The summed E-state index contributed by atoms with van der Waals surface area (Å²) in [6.45, 7) is 9.16. The molecule has 5 heteroatoms. The Labute approximate surface area is 178 Å². The normalized spacial score (nSPS) is 19.2. The third kappa shape index (κ3) is 4.78. The van der Waals surface area contributed by atoms with E-state index in [9.17, 15) is 4.79 Å². The van der Waals surface area contributed by atoms with Crippen molar-refractivity contribution in [2.45, 2.75) is 44.2 Å². The van der Waals surface area contributed by atoms with Gasteiger partial charge < -0.3 is 10.2 Å². The van der Waals surface area contributed by atoms with Crippen LogP contribution >= 0.6 is 11.8 Å². The molecule has 1 N–H and O–H groups in total.